The van der Waals surface area contributed by atoms with E-state index in [0.29, 0.717) is 24.3 Å². The number of methoxy groups -OCH3 is 1. The van der Waals surface area contributed by atoms with Crippen LogP contribution in [0.1, 0.15) is 31.9 Å². The van der Waals surface area contributed by atoms with E-state index in [0.717, 1.165) is 5.56 Å². The van der Waals surface area contributed by atoms with Crippen molar-refractivity contribution < 1.29 is 18.7 Å². The van der Waals surface area contributed by atoms with E-state index in [1.807, 2.05) is 26.8 Å². The van der Waals surface area contributed by atoms with Crippen molar-refractivity contribution in [3.8, 4) is 5.75 Å². The third-order valence-electron chi connectivity index (χ3n) is 3.15. The Kier molecular flexibility index (Phi) is 3.88. The third-order valence-corrected chi connectivity index (χ3v) is 3.15. The summed E-state index contributed by atoms with van der Waals surface area (Å²) in [5.41, 5.74) is 0.889. The first kappa shape index (κ1) is 14.6. The van der Waals surface area contributed by atoms with Crippen molar-refractivity contribution in [2.24, 2.45) is 0 Å². The molecular formula is C15H20FNO3. The van der Waals surface area contributed by atoms with Crippen LogP contribution in [0.4, 0.5) is 9.18 Å². The molecule has 0 aliphatic carbocycles. The van der Waals surface area contributed by atoms with Crippen LogP contribution < -0.4 is 4.74 Å². The topological polar surface area (TPSA) is 38.8 Å². The Balaban J connectivity index is 2.17. The maximum Gasteiger partial charge on any atom is 0.410 e. The van der Waals surface area contributed by atoms with Gasteiger partial charge in [-0.1, -0.05) is 0 Å². The van der Waals surface area contributed by atoms with Crippen LogP contribution in [0.5, 0.6) is 5.75 Å². The summed E-state index contributed by atoms with van der Waals surface area (Å²) in [4.78, 5) is 13.5. The van der Waals surface area contributed by atoms with Gasteiger partial charge in [0.15, 0.2) is 0 Å². The van der Waals surface area contributed by atoms with Crippen LogP contribution in [0, 0.1) is 5.82 Å². The second-order valence-electron chi connectivity index (χ2n) is 5.90. The average Bonchev–Trinajstić information content (AvgIpc) is 2.36. The van der Waals surface area contributed by atoms with Crippen LogP contribution in [0.3, 0.4) is 0 Å². The molecule has 2 rings (SSSR count). The number of ether oxygens (including phenoxy) is 2. The van der Waals surface area contributed by atoms with E-state index in [1.165, 1.54) is 18.1 Å². The Morgan fingerprint density at radius 3 is 2.65 bits per heavy atom. The van der Waals surface area contributed by atoms with Gasteiger partial charge < -0.3 is 14.4 Å². The highest BCUT2D eigenvalue weighted by atomic mass is 19.1. The minimum Gasteiger partial charge on any atom is -0.497 e. The smallest absolute Gasteiger partial charge is 0.410 e. The van der Waals surface area contributed by atoms with Gasteiger partial charge in [-0.3, -0.25) is 0 Å². The molecule has 1 amide bonds. The fourth-order valence-corrected chi connectivity index (χ4v) is 2.19. The Morgan fingerprint density at radius 1 is 1.35 bits per heavy atom. The quantitative estimate of drug-likeness (QED) is 0.794. The van der Waals surface area contributed by atoms with Crippen LogP contribution in [0.25, 0.3) is 0 Å². The summed E-state index contributed by atoms with van der Waals surface area (Å²) in [7, 11) is 1.51. The minimum atomic E-state index is -0.546. The molecule has 1 aliphatic rings. The molecule has 0 saturated heterocycles. The van der Waals surface area contributed by atoms with Crippen molar-refractivity contribution in [2.75, 3.05) is 13.7 Å². The summed E-state index contributed by atoms with van der Waals surface area (Å²) in [6.07, 6.45) is 0.196. The van der Waals surface area contributed by atoms with Crippen molar-refractivity contribution >= 4 is 6.09 Å². The molecule has 0 fully saturated rings. The zero-order valence-electron chi connectivity index (χ0n) is 12.3. The molecule has 0 aromatic heterocycles. The van der Waals surface area contributed by atoms with Gasteiger partial charge in [0.1, 0.15) is 17.2 Å². The molecular weight excluding hydrogens is 261 g/mol. The highest BCUT2D eigenvalue weighted by Gasteiger charge is 2.27. The lowest BCUT2D eigenvalue weighted by Gasteiger charge is -2.31. The van der Waals surface area contributed by atoms with E-state index in [4.69, 9.17) is 9.47 Å². The SMILES string of the molecule is COc1cc(F)c2c(c1)CCN(C(=O)OC(C)(C)C)C2. The van der Waals surface area contributed by atoms with E-state index in [-0.39, 0.29) is 12.4 Å². The van der Waals surface area contributed by atoms with Crippen molar-refractivity contribution in [3.05, 3.63) is 29.1 Å². The maximum absolute atomic E-state index is 14.0. The number of carbonyl (C=O) groups is 1. The molecule has 0 unspecified atom stereocenters. The number of amides is 1. The van der Waals surface area contributed by atoms with Gasteiger partial charge >= 0.3 is 6.09 Å². The summed E-state index contributed by atoms with van der Waals surface area (Å²) in [5.74, 6) is 0.166. The molecule has 20 heavy (non-hydrogen) atoms. The fraction of sp³-hybridized carbons (Fsp3) is 0.533. The Labute approximate surface area is 118 Å². The fourth-order valence-electron chi connectivity index (χ4n) is 2.19. The minimum absolute atomic E-state index is 0.236. The van der Waals surface area contributed by atoms with Crippen molar-refractivity contribution in [3.63, 3.8) is 0 Å². The lowest BCUT2D eigenvalue weighted by atomic mass is 9.99. The zero-order valence-corrected chi connectivity index (χ0v) is 12.3. The third kappa shape index (κ3) is 3.21. The number of carbonyl (C=O) groups excluding carboxylic acids is 1. The highest BCUT2D eigenvalue weighted by Crippen LogP contribution is 2.27. The maximum atomic E-state index is 14.0. The van der Waals surface area contributed by atoms with Crippen molar-refractivity contribution in [1.82, 2.24) is 4.90 Å². The van der Waals surface area contributed by atoms with E-state index in [9.17, 15) is 9.18 Å². The number of hydrogen-bond acceptors (Lipinski definition) is 3. The molecule has 110 valence electrons. The molecule has 0 saturated carbocycles. The van der Waals surface area contributed by atoms with Gasteiger partial charge in [0.25, 0.3) is 0 Å². The number of hydrogen-bond donors (Lipinski definition) is 0. The van der Waals surface area contributed by atoms with Gasteiger partial charge in [-0.15, -0.1) is 0 Å². The van der Waals surface area contributed by atoms with E-state index < -0.39 is 11.7 Å². The van der Waals surface area contributed by atoms with Crippen LogP contribution in [-0.2, 0) is 17.7 Å². The molecule has 5 heteroatoms. The van der Waals surface area contributed by atoms with Crippen LogP contribution in [0.2, 0.25) is 0 Å². The van der Waals surface area contributed by atoms with Gasteiger partial charge in [-0.05, 0) is 38.8 Å². The normalized spacial score (nSPS) is 14.8. The number of benzene rings is 1. The van der Waals surface area contributed by atoms with Gasteiger partial charge in [0, 0.05) is 18.2 Å². The molecule has 1 aromatic carbocycles. The zero-order chi connectivity index (χ0) is 14.9. The molecule has 1 aromatic rings. The summed E-state index contributed by atoms with van der Waals surface area (Å²) >= 11 is 0. The Bertz CT molecular complexity index is 523. The van der Waals surface area contributed by atoms with Crippen molar-refractivity contribution in [2.45, 2.75) is 39.3 Å². The summed E-state index contributed by atoms with van der Waals surface area (Å²) in [6.45, 7) is 6.20. The second-order valence-corrected chi connectivity index (χ2v) is 5.90. The van der Waals surface area contributed by atoms with Gasteiger partial charge in [-0.25, -0.2) is 9.18 Å². The van der Waals surface area contributed by atoms with Crippen LogP contribution in [0.15, 0.2) is 12.1 Å². The lowest BCUT2D eigenvalue weighted by Crippen LogP contribution is -2.40. The molecule has 0 N–H and O–H groups in total. The predicted molar refractivity (Wildman–Crippen MR) is 73.3 cm³/mol. The average molecular weight is 281 g/mol. The largest absolute Gasteiger partial charge is 0.497 e. The monoisotopic (exact) mass is 281 g/mol. The predicted octanol–water partition coefficient (Wildman–Crippen LogP) is 3.13. The molecule has 1 heterocycles. The molecule has 0 spiro atoms. The first-order chi connectivity index (χ1) is 9.30. The number of rotatable bonds is 1. The number of fused-ring (bicyclic) bond motifs is 1. The van der Waals surface area contributed by atoms with Gasteiger partial charge in [0.05, 0.1) is 13.7 Å². The van der Waals surface area contributed by atoms with Gasteiger partial charge in [-0.2, -0.15) is 0 Å². The Hall–Kier alpha value is -1.78. The first-order valence-corrected chi connectivity index (χ1v) is 6.63. The molecule has 4 nitrogen and oxygen atoms in total. The van der Waals surface area contributed by atoms with E-state index in [2.05, 4.69) is 0 Å². The van der Waals surface area contributed by atoms with Crippen molar-refractivity contribution in [1.29, 1.82) is 0 Å². The highest BCUT2D eigenvalue weighted by molar-refractivity contribution is 5.68. The summed E-state index contributed by atoms with van der Waals surface area (Å²) in [5, 5.41) is 0. The van der Waals surface area contributed by atoms with E-state index >= 15 is 0 Å². The molecule has 0 bridgehead atoms. The lowest BCUT2D eigenvalue weighted by molar-refractivity contribution is 0.0222. The molecule has 0 atom stereocenters. The Morgan fingerprint density at radius 2 is 2.05 bits per heavy atom. The second kappa shape index (κ2) is 5.31. The molecule has 1 aliphatic heterocycles. The summed E-state index contributed by atoms with van der Waals surface area (Å²) in [6, 6.07) is 3.17. The standard InChI is InChI=1S/C15H20FNO3/c1-15(2,3)20-14(18)17-6-5-10-7-11(19-4)8-13(16)12(10)9-17/h7-8H,5-6,9H2,1-4H3. The molecule has 0 radical (unpaired) electrons. The first-order valence-electron chi connectivity index (χ1n) is 6.63. The number of halogens is 1. The summed E-state index contributed by atoms with van der Waals surface area (Å²) < 4.78 is 24.4. The van der Waals surface area contributed by atoms with Gasteiger partial charge in [0.2, 0.25) is 0 Å². The van der Waals surface area contributed by atoms with E-state index in [1.54, 1.807) is 0 Å². The van der Waals surface area contributed by atoms with Crippen LogP contribution in [-0.4, -0.2) is 30.2 Å². The number of nitrogens with zero attached hydrogens (tertiary/aromatic N) is 1. The van der Waals surface area contributed by atoms with Crippen LogP contribution >= 0.6 is 0 Å².